The number of benzene rings is 2. The number of nitrogens with one attached hydrogen (secondary N) is 1. The number of halogens is 2. The predicted molar refractivity (Wildman–Crippen MR) is 96.3 cm³/mol. The average Bonchev–Trinajstić information content (AvgIpc) is 2.62. The molecule has 140 valence electrons. The maximum Gasteiger partial charge on any atom is 0.270 e. The third-order valence-corrected chi connectivity index (χ3v) is 4.37. The molecule has 0 aliphatic rings. The zero-order valence-corrected chi connectivity index (χ0v) is 14.8. The van der Waals surface area contributed by atoms with Crippen LogP contribution in [0, 0.1) is 0 Å². The molecule has 0 aromatic heterocycles. The van der Waals surface area contributed by atoms with Crippen LogP contribution in [0.1, 0.15) is 48.4 Å². The van der Waals surface area contributed by atoms with Crippen molar-refractivity contribution < 1.29 is 23.8 Å². The van der Waals surface area contributed by atoms with Gasteiger partial charge in [-0.15, -0.1) is 4.99 Å². The summed E-state index contributed by atoms with van der Waals surface area (Å²) in [5.41, 5.74) is 5.18. The molecule has 0 fully saturated rings. The van der Waals surface area contributed by atoms with Crippen molar-refractivity contribution in [2.45, 2.75) is 45.0 Å². The van der Waals surface area contributed by atoms with Gasteiger partial charge in [-0.3, -0.25) is 0 Å². The fourth-order valence-electron chi connectivity index (χ4n) is 2.86. The Morgan fingerprint density at radius 3 is 2.46 bits per heavy atom. The van der Waals surface area contributed by atoms with Gasteiger partial charge in [0.25, 0.3) is 5.92 Å². The summed E-state index contributed by atoms with van der Waals surface area (Å²) in [6.07, 6.45) is 2.73. The molecule has 6 heteroatoms. The summed E-state index contributed by atoms with van der Waals surface area (Å²) in [6.45, 7) is 2.58. The number of hydrogen-bond acceptors (Lipinski definition) is 4. The number of rotatable bonds is 9. The molecule has 0 unspecified atom stereocenters. The van der Waals surface area contributed by atoms with E-state index in [2.05, 4.69) is 10.5 Å². The molecule has 2 rings (SSSR count). The van der Waals surface area contributed by atoms with E-state index < -0.39 is 11.8 Å². The minimum atomic E-state index is -2.95. The molecule has 26 heavy (non-hydrogen) atoms. The van der Waals surface area contributed by atoms with Gasteiger partial charge in [-0.1, -0.05) is 31.2 Å². The maximum atomic E-state index is 14.0. The van der Waals surface area contributed by atoms with Gasteiger partial charge in [0.05, 0.1) is 5.69 Å². The highest BCUT2D eigenvalue weighted by Gasteiger charge is 2.28. The van der Waals surface area contributed by atoms with Crippen LogP contribution >= 0.6 is 0 Å². The number of alkyl halides is 2. The van der Waals surface area contributed by atoms with Crippen molar-refractivity contribution in [3.8, 4) is 0 Å². The molecule has 0 radical (unpaired) electrons. The summed E-state index contributed by atoms with van der Waals surface area (Å²) >= 11 is 0. The minimum Gasteiger partial charge on any atom is -0.303 e. The molecule has 0 aliphatic carbocycles. The predicted octanol–water partition coefficient (Wildman–Crippen LogP) is 5.09. The number of aryl methyl sites for hydroxylation is 2. The van der Waals surface area contributed by atoms with Crippen LogP contribution in [0.3, 0.4) is 0 Å². The van der Waals surface area contributed by atoms with E-state index in [9.17, 15) is 13.6 Å². The van der Waals surface area contributed by atoms with Crippen molar-refractivity contribution in [1.29, 1.82) is 0 Å². The molecule has 0 aliphatic heterocycles. The van der Waals surface area contributed by atoms with Crippen molar-refractivity contribution in [2.75, 3.05) is 5.48 Å². The summed E-state index contributed by atoms with van der Waals surface area (Å²) < 4.78 is 28.0. The lowest BCUT2D eigenvalue weighted by atomic mass is 9.91. The molecule has 2 N–H and O–H groups in total. The smallest absolute Gasteiger partial charge is 0.270 e. The third kappa shape index (κ3) is 5.34. The summed E-state index contributed by atoms with van der Waals surface area (Å²) in [7, 11) is 0. The van der Waals surface area contributed by atoms with Gasteiger partial charge in [0.15, 0.2) is 0 Å². The van der Waals surface area contributed by atoms with E-state index in [-0.39, 0.29) is 5.56 Å². The monoisotopic (exact) mass is 363 g/mol. The van der Waals surface area contributed by atoms with Crippen molar-refractivity contribution in [3.05, 3.63) is 64.7 Å². The third-order valence-electron chi connectivity index (χ3n) is 4.37. The van der Waals surface area contributed by atoms with Crippen LogP contribution in [0.25, 0.3) is 0 Å². The SMILES string of the molecule is C[C@H](C=O)c1ccc(CCCc2ccc(NOO)cc2)c(C(C)(F)F)c1. The first-order chi connectivity index (χ1) is 12.3. The first kappa shape index (κ1) is 20.0. The molecular weight excluding hydrogens is 340 g/mol. The minimum absolute atomic E-state index is 0.0108. The van der Waals surface area contributed by atoms with Crippen LogP contribution in [-0.2, 0) is 28.5 Å². The second-order valence-electron chi connectivity index (χ2n) is 6.47. The van der Waals surface area contributed by atoms with Gasteiger partial charge in [0, 0.05) is 18.4 Å². The summed E-state index contributed by atoms with van der Waals surface area (Å²) in [4.78, 5) is 14.8. The summed E-state index contributed by atoms with van der Waals surface area (Å²) in [5.74, 6) is -3.36. The van der Waals surface area contributed by atoms with E-state index in [0.717, 1.165) is 31.6 Å². The van der Waals surface area contributed by atoms with Crippen LogP contribution in [-0.4, -0.2) is 11.5 Å². The zero-order valence-electron chi connectivity index (χ0n) is 14.8. The van der Waals surface area contributed by atoms with E-state index in [0.29, 0.717) is 23.2 Å². The normalized spacial score (nSPS) is 12.7. The van der Waals surface area contributed by atoms with E-state index in [1.807, 2.05) is 12.1 Å². The molecule has 4 nitrogen and oxygen atoms in total. The lowest BCUT2D eigenvalue weighted by molar-refractivity contribution is -0.215. The number of carbonyl (C=O) groups is 1. The van der Waals surface area contributed by atoms with E-state index >= 15 is 0 Å². The Balaban J connectivity index is 2.07. The van der Waals surface area contributed by atoms with Gasteiger partial charge < -0.3 is 4.79 Å². The number of carbonyl (C=O) groups excluding carboxylic acids is 1. The maximum absolute atomic E-state index is 14.0. The number of hydrogen-bond donors (Lipinski definition) is 2. The fourth-order valence-corrected chi connectivity index (χ4v) is 2.86. The van der Waals surface area contributed by atoms with Crippen LogP contribution in [0.5, 0.6) is 0 Å². The van der Waals surface area contributed by atoms with Crippen molar-refractivity contribution in [2.24, 2.45) is 0 Å². The summed E-state index contributed by atoms with van der Waals surface area (Å²) in [5, 5.41) is 8.33. The van der Waals surface area contributed by atoms with Gasteiger partial charge in [-0.25, -0.2) is 19.5 Å². The molecule has 0 heterocycles. The molecule has 1 atom stereocenters. The van der Waals surface area contributed by atoms with Gasteiger partial charge in [0.2, 0.25) is 0 Å². The fraction of sp³-hybridized carbons (Fsp3) is 0.350. The molecule has 0 spiro atoms. The lowest BCUT2D eigenvalue weighted by Gasteiger charge is -2.18. The largest absolute Gasteiger partial charge is 0.303 e. The molecule has 0 amide bonds. The molecular formula is C20H23F2NO3. The Morgan fingerprint density at radius 1 is 1.19 bits per heavy atom. The Bertz CT molecular complexity index is 727. The molecule has 0 bridgehead atoms. The molecule has 0 saturated heterocycles. The Hall–Kier alpha value is -2.31. The van der Waals surface area contributed by atoms with E-state index in [1.54, 1.807) is 31.2 Å². The van der Waals surface area contributed by atoms with Gasteiger partial charge in [0.1, 0.15) is 6.29 Å². The Labute approximate surface area is 151 Å². The highest BCUT2D eigenvalue weighted by molar-refractivity contribution is 5.62. The van der Waals surface area contributed by atoms with Crippen molar-refractivity contribution >= 4 is 12.0 Å². The van der Waals surface area contributed by atoms with Crippen LogP contribution < -0.4 is 5.48 Å². The average molecular weight is 363 g/mol. The molecule has 0 saturated carbocycles. The molecule has 2 aromatic rings. The molecule has 2 aromatic carbocycles. The van der Waals surface area contributed by atoms with Crippen molar-refractivity contribution in [1.82, 2.24) is 0 Å². The Kier molecular flexibility index (Phi) is 6.83. The van der Waals surface area contributed by atoms with Gasteiger partial charge >= 0.3 is 0 Å². The second kappa shape index (κ2) is 8.87. The van der Waals surface area contributed by atoms with Crippen LogP contribution in [0.4, 0.5) is 14.5 Å². The van der Waals surface area contributed by atoms with Gasteiger partial charge in [-0.05, 0) is 54.2 Å². The summed E-state index contributed by atoms with van der Waals surface area (Å²) in [6, 6.07) is 12.2. The highest BCUT2D eigenvalue weighted by atomic mass is 19.3. The van der Waals surface area contributed by atoms with Crippen molar-refractivity contribution in [3.63, 3.8) is 0 Å². The Morgan fingerprint density at radius 2 is 1.88 bits per heavy atom. The number of anilines is 1. The topological polar surface area (TPSA) is 58.6 Å². The van der Waals surface area contributed by atoms with E-state index in [1.165, 1.54) is 6.07 Å². The van der Waals surface area contributed by atoms with E-state index in [4.69, 9.17) is 5.26 Å². The second-order valence-corrected chi connectivity index (χ2v) is 6.47. The quantitative estimate of drug-likeness (QED) is 0.370. The van der Waals surface area contributed by atoms with Gasteiger partial charge in [-0.2, -0.15) is 0 Å². The highest BCUT2D eigenvalue weighted by Crippen LogP contribution is 2.33. The van der Waals surface area contributed by atoms with Crippen LogP contribution in [0.15, 0.2) is 42.5 Å². The lowest BCUT2D eigenvalue weighted by Crippen LogP contribution is -2.12. The first-order valence-electron chi connectivity index (χ1n) is 8.47. The van der Waals surface area contributed by atoms with Crippen LogP contribution in [0.2, 0.25) is 0 Å². The first-order valence-corrected chi connectivity index (χ1v) is 8.47. The standard InChI is InChI=1S/C20H23F2NO3/c1-14(13-24)17-9-8-16(19(12-17)20(2,21)22)5-3-4-15-6-10-18(11-7-15)23-26-25/h6-14,23,25H,3-5H2,1-2H3/t14-/m1/s1. The zero-order chi connectivity index (χ0) is 19.2. The number of aldehydes is 1.